The Labute approximate surface area is 495 Å². The summed E-state index contributed by atoms with van der Waals surface area (Å²) in [7, 11) is 0. The summed E-state index contributed by atoms with van der Waals surface area (Å²) in [6, 6.07) is -0.966. The minimum Gasteiger partial charge on any atom is -0.394 e. The molecule has 0 aromatic rings. The number of aliphatic hydroxyl groups is 8. The lowest BCUT2D eigenvalue weighted by atomic mass is 9.97. The van der Waals surface area contributed by atoms with Crippen LogP contribution in [0.25, 0.3) is 0 Å². The third-order valence-electron chi connectivity index (χ3n) is 14.6. The van der Waals surface area contributed by atoms with Crippen LogP contribution in [0.5, 0.6) is 0 Å². The van der Waals surface area contributed by atoms with Gasteiger partial charge < -0.3 is 65.1 Å². The lowest BCUT2D eigenvalue weighted by Crippen LogP contribution is -2.65. The summed E-state index contributed by atoms with van der Waals surface area (Å²) in [6.07, 6.45) is 58.1. The molecule has 2 fully saturated rings. The van der Waals surface area contributed by atoms with Crippen molar-refractivity contribution in [2.75, 3.05) is 19.8 Å². The maximum Gasteiger partial charge on any atom is 0.220 e. The van der Waals surface area contributed by atoms with Crippen molar-refractivity contribution >= 4 is 5.91 Å². The molecule has 2 rings (SSSR count). The molecule has 12 unspecified atom stereocenters. The molecule has 468 valence electrons. The van der Waals surface area contributed by atoms with E-state index in [1.807, 2.05) is 6.08 Å². The Hall–Kier alpha value is -3.61. The molecular weight excluding hydrogens is 1040 g/mol. The lowest BCUT2D eigenvalue weighted by Gasteiger charge is -2.46. The Bertz CT molecular complexity index is 1840. The van der Waals surface area contributed by atoms with Gasteiger partial charge in [0, 0.05) is 6.42 Å². The molecule has 12 atom stereocenters. The summed E-state index contributed by atoms with van der Waals surface area (Å²) in [5.74, 6) is -0.290. The van der Waals surface area contributed by atoms with Crippen LogP contribution in [0.4, 0.5) is 0 Å². The van der Waals surface area contributed by atoms with Gasteiger partial charge in [0.05, 0.1) is 32.0 Å². The Kier molecular flexibility index (Phi) is 47.0. The van der Waals surface area contributed by atoms with E-state index in [0.29, 0.717) is 12.8 Å². The number of carbonyl (C=O) groups is 1. The first-order valence-corrected chi connectivity index (χ1v) is 31.8. The Balaban J connectivity index is 1.80. The lowest BCUT2D eigenvalue weighted by molar-refractivity contribution is -0.359. The van der Waals surface area contributed by atoms with Gasteiger partial charge in [-0.05, 0) is 103 Å². The van der Waals surface area contributed by atoms with Crippen molar-refractivity contribution in [1.82, 2.24) is 5.32 Å². The SMILES string of the molecule is CC/C=C\C/C=C\C/C=C\C/C=C\C/C=C\C/C=C\C/C=C\CCCCCC(=O)NC(COC1OC(CO)C(OC2OC(CO)C(O)C(O)C2O)C(O)C1O)C(O)/C=C/CC/C=C/CC/C=C/CCCCCCCCCCCCCCC. The van der Waals surface area contributed by atoms with Crippen LogP contribution in [-0.4, -0.2) is 140 Å². The number of unbranched alkanes of at least 4 members (excludes halogenated alkanes) is 18. The van der Waals surface area contributed by atoms with Gasteiger partial charge in [-0.3, -0.25) is 4.79 Å². The van der Waals surface area contributed by atoms with E-state index in [2.05, 4.69) is 129 Å². The maximum atomic E-state index is 13.3. The molecule has 9 N–H and O–H groups in total. The van der Waals surface area contributed by atoms with Crippen LogP contribution in [0.3, 0.4) is 0 Å². The molecule has 2 heterocycles. The van der Waals surface area contributed by atoms with Gasteiger partial charge in [-0.1, -0.05) is 219 Å². The molecule has 0 aromatic heterocycles. The normalized spacial score (nSPS) is 24.8. The van der Waals surface area contributed by atoms with E-state index in [4.69, 9.17) is 18.9 Å². The number of aliphatic hydroxyl groups excluding tert-OH is 8. The van der Waals surface area contributed by atoms with Crippen LogP contribution in [-0.2, 0) is 23.7 Å². The third-order valence-corrected chi connectivity index (χ3v) is 14.6. The van der Waals surface area contributed by atoms with Crippen molar-refractivity contribution in [2.24, 2.45) is 0 Å². The molecular formula is C68H113NO13. The minimum absolute atomic E-state index is 0.222. The van der Waals surface area contributed by atoms with Crippen molar-refractivity contribution in [1.29, 1.82) is 0 Å². The summed E-state index contributed by atoms with van der Waals surface area (Å²) in [5, 5.41) is 87.2. The van der Waals surface area contributed by atoms with Gasteiger partial charge in [0.1, 0.15) is 48.8 Å². The van der Waals surface area contributed by atoms with E-state index < -0.39 is 86.8 Å². The quantitative estimate of drug-likeness (QED) is 0.0204. The van der Waals surface area contributed by atoms with Crippen LogP contribution in [0.15, 0.2) is 122 Å². The van der Waals surface area contributed by atoms with Gasteiger partial charge in [-0.25, -0.2) is 0 Å². The number of nitrogens with one attached hydrogen (secondary N) is 1. The van der Waals surface area contributed by atoms with Crippen LogP contribution in [0.2, 0.25) is 0 Å². The zero-order valence-corrected chi connectivity index (χ0v) is 50.4. The highest BCUT2D eigenvalue weighted by atomic mass is 16.7. The Morgan fingerprint density at radius 1 is 0.451 bits per heavy atom. The van der Waals surface area contributed by atoms with E-state index in [1.54, 1.807) is 6.08 Å². The number of ether oxygens (including phenoxy) is 4. The van der Waals surface area contributed by atoms with Crippen molar-refractivity contribution < 1.29 is 64.6 Å². The fourth-order valence-corrected chi connectivity index (χ4v) is 9.54. The average Bonchev–Trinajstić information content (AvgIpc) is 3.56. The van der Waals surface area contributed by atoms with Gasteiger partial charge in [-0.2, -0.15) is 0 Å². The highest BCUT2D eigenvalue weighted by Crippen LogP contribution is 2.30. The molecule has 0 bridgehead atoms. The van der Waals surface area contributed by atoms with Crippen molar-refractivity contribution in [2.45, 2.75) is 280 Å². The third kappa shape index (κ3) is 36.3. The molecule has 0 aromatic carbocycles. The van der Waals surface area contributed by atoms with E-state index in [9.17, 15) is 45.6 Å². The Morgan fingerprint density at radius 2 is 0.854 bits per heavy atom. The van der Waals surface area contributed by atoms with Crippen LogP contribution >= 0.6 is 0 Å². The number of amides is 1. The molecule has 2 aliphatic heterocycles. The average molecular weight is 1150 g/mol. The fraction of sp³-hybridized carbons (Fsp3) is 0.691. The second-order valence-corrected chi connectivity index (χ2v) is 21.8. The number of hydrogen-bond acceptors (Lipinski definition) is 13. The summed E-state index contributed by atoms with van der Waals surface area (Å²) in [6.45, 7) is 2.63. The topological polar surface area (TPSA) is 228 Å². The summed E-state index contributed by atoms with van der Waals surface area (Å²) in [4.78, 5) is 13.3. The van der Waals surface area contributed by atoms with Crippen LogP contribution in [0.1, 0.15) is 206 Å². The first-order chi connectivity index (χ1) is 40.1. The zero-order valence-electron chi connectivity index (χ0n) is 50.4. The standard InChI is InChI=1S/C68H113NO13/c1-3-5-7-9-11-13-15-17-19-21-23-25-27-28-30-32-34-36-38-40-42-44-46-48-50-52-60(73)69-56(55-79-67-65(78)63(76)66(59(54-71)81-67)82-68-64(77)62(75)61(74)58(53-70)80-68)57(72)51-49-47-45-43-41-39-37-35-33-31-29-26-24-22-20-18-16-14-12-10-8-6-4-2/h5,7,11,13,17,19,23,25,28,30,33-36,40-43,49,51,56-59,61-68,70-72,74-78H,3-4,6,8-10,12,14-16,18,20-22,24,26-27,29,31-32,37-39,44-48,50,52-55H2,1-2H3,(H,69,73)/b7-5-,13-11-,19-17-,25-23-,30-28-,35-33+,36-34-,42-40-,43-41+,51-49+. The number of hydrogen-bond donors (Lipinski definition) is 9. The molecule has 0 spiro atoms. The first-order valence-electron chi connectivity index (χ1n) is 31.8. The highest BCUT2D eigenvalue weighted by molar-refractivity contribution is 5.76. The number of allylic oxidation sites excluding steroid dienone is 19. The number of carbonyl (C=O) groups excluding carboxylic acids is 1. The molecule has 0 radical (unpaired) electrons. The molecule has 1 amide bonds. The largest absolute Gasteiger partial charge is 0.394 e. The van der Waals surface area contributed by atoms with E-state index in [-0.39, 0.29) is 18.9 Å². The predicted molar refractivity (Wildman–Crippen MR) is 332 cm³/mol. The van der Waals surface area contributed by atoms with Crippen LogP contribution < -0.4 is 5.32 Å². The van der Waals surface area contributed by atoms with Gasteiger partial charge in [0.2, 0.25) is 5.91 Å². The summed E-state index contributed by atoms with van der Waals surface area (Å²) < 4.78 is 22.8. The smallest absolute Gasteiger partial charge is 0.220 e. The van der Waals surface area contributed by atoms with E-state index in [1.165, 1.54) is 83.5 Å². The van der Waals surface area contributed by atoms with Gasteiger partial charge in [0.25, 0.3) is 0 Å². The molecule has 2 saturated heterocycles. The van der Waals surface area contributed by atoms with Gasteiger partial charge in [-0.15, -0.1) is 0 Å². The van der Waals surface area contributed by atoms with E-state index >= 15 is 0 Å². The summed E-state index contributed by atoms with van der Waals surface area (Å²) >= 11 is 0. The molecule has 14 nitrogen and oxygen atoms in total. The second-order valence-electron chi connectivity index (χ2n) is 21.8. The molecule has 14 heteroatoms. The molecule has 2 aliphatic rings. The van der Waals surface area contributed by atoms with Crippen LogP contribution in [0, 0.1) is 0 Å². The molecule has 0 saturated carbocycles. The predicted octanol–water partition coefficient (Wildman–Crippen LogP) is 11.8. The maximum absolute atomic E-state index is 13.3. The molecule has 0 aliphatic carbocycles. The Morgan fingerprint density at radius 3 is 1.34 bits per heavy atom. The number of rotatable bonds is 49. The van der Waals surface area contributed by atoms with Crippen molar-refractivity contribution in [3.8, 4) is 0 Å². The minimum atomic E-state index is -1.80. The van der Waals surface area contributed by atoms with Gasteiger partial charge in [0.15, 0.2) is 12.6 Å². The summed E-state index contributed by atoms with van der Waals surface area (Å²) in [5.41, 5.74) is 0. The monoisotopic (exact) mass is 1150 g/mol. The zero-order chi connectivity index (χ0) is 59.5. The van der Waals surface area contributed by atoms with Crippen molar-refractivity contribution in [3.05, 3.63) is 122 Å². The van der Waals surface area contributed by atoms with Gasteiger partial charge >= 0.3 is 0 Å². The first kappa shape index (κ1) is 74.5. The second kappa shape index (κ2) is 51.8. The van der Waals surface area contributed by atoms with E-state index in [0.717, 1.165) is 89.9 Å². The highest BCUT2D eigenvalue weighted by Gasteiger charge is 2.51. The van der Waals surface area contributed by atoms with Crippen molar-refractivity contribution in [3.63, 3.8) is 0 Å². The molecule has 82 heavy (non-hydrogen) atoms. The fourth-order valence-electron chi connectivity index (χ4n) is 9.54.